The number of nitrogens with zero attached hydrogens (tertiary/aromatic N) is 2. The molecule has 0 bridgehead atoms. The minimum Gasteiger partial charge on any atom is -0.484 e. The Balaban J connectivity index is 1.54. The molecule has 146 valence electrons. The largest absolute Gasteiger partial charge is 0.484 e. The van der Waals surface area contributed by atoms with Crippen LogP contribution >= 0.6 is 22.9 Å². The van der Waals surface area contributed by atoms with Crippen molar-refractivity contribution in [2.24, 2.45) is 0 Å². The molecule has 1 saturated heterocycles. The lowest BCUT2D eigenvalue weighted by molar-refractivity contribution is -0.123. The van der Waals surface area contributed by atoms with Crippen LogP contribution in [0, 0.1) is 6.92 Å². The van der Waals surface area contributed by atoms with Gasteiger partial charge in [0.1, 0.15) is 5.75 Å². The van der Waals surface area contributed by atoms with Gasteiger partial charge in [0, 0.05) is 42.6 Å². The Kier molecular flexibility index (Phi) is 7.13. The average molecular weight is 408 g/mol. The van der Waals surface area contributed by atoms with Gasteiger partial charge in [-0.3, -0.25) is 9.69 Å². The van der Waals surface area contributed by atoms with Gasteiger partial charge in [-0.1, -0.05) is 17.7 Å². The van der Waals surface area contributed by atoms with Crippen LogP contribution in [0.5, 0.6) is 5.75 Å². The standard InChI is InChI=1S/C20H26ClN3O2S/c1-15-12-16(21)5-6-18(15)26-14-20(25)22-13-17(19-4-3-11-27-19)24-9-7-23(2)8-10-24/h3-6,11-12,17H,7-10,13-14H2,1-2H3,(H,22,25)/t17-/m0/s1. The second-order valence-corrected chi connectivity index (χ2v) is 8.29. The molecule has 0 radical (unpaired) electrons. The zero-order valence-electron chi connectivity index (χ0n) is 15.8. The molecule has 7 heteroatoms. The lowest BCUT2D eigenvalue weighted by Crippen LogP contribution is -2.48. The van der Waals surface area contributed by atoms with Crippen molar-refractivity contribution >= 4 is 28.8 Å². The molecule has 2 aromatic rings. The van der Waals surface area contributed by atoms with E-state index in [9.17, 15) is 4.79 Å². The summed E-state index contributed by atoms with van der Waals surface area (Å²) in [7, 11) is 2.15. The molecule has 0 saturated carbocycles. The number of halogens is 1. The fourth-order valence-electron chi connectivity index (χ4n) is 3.20. The van der Waals surface area contributed by atoms with Crippen molar-refractivity contribution in [2.45, 2.75) is 13.0 Å². The van der Waals surface area contributed by atoms with E-state index >= 15 is 0 Å². The predicted octanol–water partition coefficient (Wildman–Crippen LogP) is 3.19. The number of rotatable bonds is 7. The summed E-state index contributed by atoms with van der Waals surface area (Å²) in [5, 5.41) is 5.79. The second-order valence-electron chi connectivity index (χ2n) is 6.87. The third kappa shape index (κ3) is 5.69. The topological polar surface area (TPSA) is 44.8 Å². The van der Waals surface area contributed by atoms with Crippen molar-refractivity contribution < 1.29 is 9.53 Å². The van der Waals surface area contributed by atoms with Crippen molar-refractivity contribution in [1.82, 2.24) is 15.1 Å². The molecule has 1 atom stereocenters. The van der Waals surface area contributed by atoms with E-state index in [2.05, 4.69) is 39.7 Å². The summed E-state index contributed by atoms with van der Waals surface area (Å²) in [6.45, 7) is 6.63. The van der Waals surface area contributed by atoms with Crippen molar-refractivity contribution in [2.75, 3.05) is 46.4 Å². The number of hydrogen-bond acceptors (Lipinski definition) is 5. The summed E-state index contributed by atoms with van der Waals surface area (Å²) in [5.74, 6) is 0.573. The van der Waals surface area contributed by atoms with Crippen LogP contribution in [0.3, 0.4) is 0 Å². The molecule has 1 N–H and O–H groups in total. The first-order valence-corrected chi connectivity index (χ1v) is 10.4. The van der Waals surface area contributed by atoms with E-state index in [0.717, 1.165) is 31.7 Å². The number of likely N-dealkylation sites (N-methyl/N-ethyl adjacent to an activating group) is 1. The first-order chi connectivity index (χ1) is 13.0. The van der Waals surface area contributed by atoms with Crippen molar-refractivity contribution in [3.05, 3.63) is 51.2 Å². The number of carbonyl (C=O) groups is 1. The molecule has 1 amide bonds. The van der Waals surface area contributed by atoms with Crippen molar-refractivity contribution in [1.29, 1.82) is 0 Å². The number of aryl methyl sites for hydroxylation is 1. The zero-order valence-corrected chi connectivity index (χ0v) is 17.4. The molecule has 0 unspecified atom stereocenters. The zero-order chi connectivity index (χ0) is 19.2. The van der Waals surface area contributed by atoms with Crippen molar-refractivity contribution in [3.63, 3.8) is 0 Å². The number of nitrogens with one attached hydrogen (secondary N) is 1. The van der Waals surface area contributed by atoms with Gasteiger partial charge in [-0.05, 0) is 49.2 Å². The molecule has 1 aromatic heterocycles. The van der Waals surface area contributed by atoms with Crippen LogP contribution < -0.4 is 10.1 Å². The van der Waals surface area contributed by atoms with E-state index in [1.165, 1.54) is 4.88 Å². The normalized spacial score (nSPS) is 16.9. The van der Waals surface area contributed by atoms with E-state index in [1.807, 2.05) is 13.0 Å². The molecule has 5 nitrogen and oxygen atoms in total. The summed E-state index contributed by atoms with van der Waals surface area (Å²) < 4.78 is 5.65. The average Bonchev–Trinajstić information content (AvgIpc) is 3.17. The van der Waals surface area contributed by atoms with Crippen LogP contribution in [0.25, 0.3) is 0 Å². The summed E-state index contributed by atoms with van der Waals surface area (Å²) in [6, 6.07) is 9.81. The first kappa shape index (κ1) is 20.1. The molecule has 1 aromatic carbocycles. The SMILES string of the molecule is Cc1cc(Cl)ccc1OCC(=O)NC[C@@H](c1cccs1)N1CCN(C)CC1. The number of benzene rings is 1. The predicted molar refractivity (Wildman–Crippen MR) is 111 cm³/mol. The second kappa shape index (κ2) is 9.55. The van der Waals surface area contributed by atoms with Gasteiger partial charge in [0.05, 0.1) is 6.04 Å². The number of amides is 1. The van der Waals surface area contributed by atoms with Gasteiger partial charge in [-0.15, -0.1) is 11.3 Å². The molecule has 1 aliphatic rings. The number of ether oxygens (including phenoxy) is 1. The molecule has 1 aliphatic heterocycles. The third-order valence-corrected chi connectivity index (χ3v) is 6.05. The van der Waals surface area contributed by atoms with Crippen LogP contribution in [0.1, 0.15) is 16.5 Å². The number of carbonyl (C=O) groups excluding carboxylic acids is 1. The van der Waals surface area contributed by atoms with E-state index in [-0.39, 0.29) is 18.6 Å². The van der Waals surface area contributed by atoms with E-state index in [0.29, 0.717) is 17.3 Å². The highest BCUT2D eigenvalue weighted by molar-refractivity contribution is 7.10. The smallest absolute Gasteiger partial charge is 0.258 e. The number of hydrogen-bond donors (Lipinski definition) is 1. The maximum atomic E-state index is 12.3. The maximum absolute atomic E-state index is 12.3. The molecule has 2 heterocycles. The van der Waals surface area contributed by atoms with Crippen LogP contribution in [0.15, 0.2) is 35.7 Å². The molecule has 3 rings (SSSR count). The minimum atomic E-state index is -0.111. The Bertz CT molecular complexity index is 746. The first-order valence-electron chi connectivity index (χ1n) is 9.14. The van der Waals surface area contributed by atoms with Crippen LogP contribution in [-0.2, 0) is 4.79 Å². The maximum Gasteiger partial charge on any atom is 0.258 e. The fourth-order valence-corrected chi connectivity index (χ4v) is 4.29. The Morgan fingerprint density at radius 2 is 2.07 bits per heavy atom. The summed E-state index contributed by atoms with van der Waals surface area (Å²) in [5.41, 5.74) is 0.921. The summed E-state index contributed by atoms with van der Waals surface area (Å²) >= 11 is 7.69. The van der Waals surface area contributed by atoms with Crippen LogP contribution in [0.2, 0.25) is 5.02 Å². The summed E-state index contributed by atoms with van der Waals surface area (Å²) in [6.07, 6.45) is 0. The summed E-state index contributed by atoms with van der Waals surface area (Å²) in [4.78, 5) is 18.4. The Labute approximate surface area is 169 Å². The van der Waals surface area contributed by atoms with Gasteiger partial charge in [-0.2, -0.15) is 0 Å². The van der Waals surface area contributed by atoms with Crippen LogP contribution in [-0.4, -0.2) is 62.1 Å². The van der Waals surface area contributed by atoms with E-state index in [4.69, 9.17) is 16.3 Å². The Morgan fingerprint density at radius 1 is 1.30 bits per heavy atom. The molecule has 0 spiro atoms. The highest BCUT2D eigenvalue weighted by Crippen LogP contribution is 2.26. The highest BCUT2D eigenvalue weighted by atomic mass is 35.5. The van der Waals surface area contributed by atoms with Crippen LogP contribution in [0.4, 0.5) is 0 Å². The molecule has 1 fully saturated rings. The Morgan fingerprint density at radius 3 is 2.74 bits per heavy atom. The van der Waals surface area contributed by atoms with E-state index in [1.54, 1.807) is 23.5 Å². The monoisotopic (exact) mass is 407 g/mol. The van der Waals surface area contributed by atoms with Crippen molar-refractivity contribution in [3.8, 4) is 5.75 Å². The van der Waals surface area contributed by atoms with Gasteiger partial charge in [0.15, 0.2) is 6.61 Å². The van der Waals surface area contributed by atoms with Gasteiger partial charge in [-0.25, -0.2) is 0 Å². The number of piperazine rings is 1. The quantitative estimate of drug-likeness (QED) is 0.765. The third-order valence-electron chi connectivity index (χ3n) is 4.84. The van der Waals surface area contributed by atoms with Gasteiger partial charge in [0.25, 0.3) is 5.91 Å². The highest BCUT2D eigenvalue weighted by Gasteiger charge is 2.25. The lowest BCUT2D eigenvalue weighted by Gasteiger charge is -2.37. The minimum absolute atomic E-state index is 0.00235. The number of thiophene rings is 1. The van der Waals surface area contributed by atoms with E-state index < -0.39 is 0 Å². The lowest BCUT2D eigenvalue weighted by atomic mass is 10.1. The Hall–Kier alpha value is -1.60. The molecular weight excluding hydrogens is 382 g/mol. The van der Waals surface area contributed by atoms with Gasteiger partial charge < -0.3 is 15.0 Å². The molecule has 0 aliphatic carbocycles. The fraction of sp³-hybridized carbons (Fsp3) is 0.450. The molecule has 27 heavy (non-hydrogen) atoms. The molecular formula is C20H26ClN3O2S. The van der Waals surface area contributed by atoms with Gasteiger partial charge in [0.2, 0.25) is 0 Å². The van der Waals surface area contributed by atoms with Gasteiger partial charge >= 0.3 is 0 Å².